The van der Waals surface area contributed by atoms with Crippen LogP contribution >= 0.6 is 0 Å². The summed E-state index contributed by atoms with van der Waals surface area (Å²) < 4.78 is 35.2. The molecule has 1 aromatic carbocycles. The molecule has 1 aliphatic heterocycles. The van der Waals surface area contributed by atoms with Crippen molar-refractivity contribution >= 4 is 16.0 Å². The van der Waals surface area contributed by atoms with E-state index in [1.54, 1.807) is 13.8 Å². The van der Waals surface area contributed by atoms with Crippen LogP contribution in [0.4, 0.5) is 0 Å². The number of carboxylic acids is 1. The number of hydrogen-bond acceptors (Lipinski definition) is 4. The number of carbonyl (C=O) groups is 1. The summed E-state index contributed by atoms with van der Waals surface area (Å²) >= 11 is 0. The van der Waals surface area contributed by atoms with Gasteiger partial charge in [-0.25, -0.2) is 13.1 Å². The van der Waals surface area contributed by atoms with Gasteiger partial charge in [-0.15, -0.1) is 0 Å². The van der Waals surface area contributed by atoms with Gasteiger partial charge in [0.25, 0.3) is 0 Å². The highest BCUT2D eigenvalue weighted by Gasteiger charge is 2.55. The lowest BCUT2D eigenvalue weighted by Gasteiger charge is -2.31. The molecule has 1 aliphatic rings. The molecular weight excluding hydrogens is 390 g/mol. The summed E-state index contributed by atoms with van der Waals surface area (Å²) in [5, 5.41) is 9.63. The quantitative estimate of drug-likeness (QED) is 0.617. The summed E-state index contributed by atoms with van der Waals surface area (Å²) in [4.78, 5) is 12.0. The molecule has 0 aliphatic carbocycles. The van der Waals surface area contributed by atoms with Gasteiger partial charge in [0.2, 0.25) is 10.0 Å². The van der Waals surface area contributed by atoms with Crippen molar-refractivity contribution in [2.75, 3.05) is 0 Å². The molecule has 6 nitrogen and oxygen atoms in total. The van der Waals surface area contributed by atoms with Crippen LogP contribution in [-0.4, -0.2) is 37.7 Å². The number of carboxylic acid groups (broad SMARTS) is 1. The van der Waals surface area contributed by atoms with E-state index in [4.69, 9.17) is 4.74 Å². The molecule has 0 spiro atoms. The maximum absolute atomic E-state index is 13.3. The van der Waals surface area contributed by atoms with Crippen LogP contribution in [0.5, 0.6) is 0 Å². The second-order valence-electron chi connectivity index (χ2n) is 9.83. The van der Waals surface area contributed by atoms with Crippen molar-refractivity contribution in [3.63, 3.8) is 0 Å². The molecule has 1 saturated heterocycles. The van der Waals surface area contributed by atoms with Gasteiger partial charge >= 0.3 is 5.97 Å². The van der Waals surface area contributed by atoms with E-state index in [2.05, 4.69) is 4.72 Å². The van der Waals surface area contributed by atoms with Crippen LogP contribution in [0.1, 0.15) is 57.7 Å². The van der Waals surface area contributed by atoms with Crippen molar-refractivity contribution in [3.05, 3.63) is 28.8 Å². The second kappa shape index (κ2) is 8.36. The first-order valence-corrected chi connectivity index (χ1v) is 11.6. The zero-order valence-electron chi connectivity index (χ0n) is 18.7. The van der Waals surface area contributed by atoms with Crippen molar-refractivity contribution in [2.24, 2.45) is 17.3 Å². The maximum Gasteiger partial charge on any atom is 0.309 e. The molecule has 1 heterocycles. The number of aliphatic carboxylic acids is 1. The van der Waals surface area contributed by atoms with E-state index < -0.39 is 45.6 Å². The van der Waals surface area contributed by atoms with Gasteiger partial charge in [-0.3, -0.25) is 4.79 Å². The van der Waals surface area contributed by atoms with E-state index >= 15 is 0 Å². The zero-order chi connectivity index (χ0) is 22.3. The summed E-state index contributed by atoms with van der Waals surface area (Å²) in [6, 6.07) is 3.17. The van der Waals surface area contributed by atoms with Crippen LogP contribution < -0.4 is 4.72 Å². The van der Waals surface area contributed by atoms with Crippen molar-refractivity contribution in [1.29, 1.82) is 0 Å². The zero-order valence-corrected chi connectivity index (χ0v) is 19.6. The Morgan fingerprint density at radius 2 is 1.66 bits per heavy atom. The van der Waals surface area contributed by atoms with Crippen LogP contribution in [0.3, 0.4) is 0 Å². The minimum absolute atomic E-state index is 0.212. The summed E-state index contributed by atoms with van der Waals surface area (Å²) in [7, 11) is -3.80. The Morgan fingerprint density at radius 1 is 1.14 bits per heavy atom. The summed E-state index contributed by atoms with van der Waals surface area (Å²) in [6.45, 7) is 15.3. The third-order valence-electron chi connectivity index (χ3n) is 5.42. The van der Waals surface area contributed by atoms with Crippen LogP contribution in [0, 0.1) is 38.0 Å². The molecule has 164 valence electrons. The van der Waals surface area contributed by atoms with E-state index in [0.29, 0.717) is 17.5 Å². The van der Waals surface area contributed by atoms with Crippen molar-refractivity contribution in [3.8, 4) is 0 Å². The van der Waals surface area contributed by atoms with Gasteiger partial charge in [-0.05, 0) is 49.7 Å². The Labute approximate surface area is 175 Å². The predicted molar refractivity (Wildman–Crippen MR) is 113 cm³/mol. The largest absolute Gasteiger partial charge is 0.481 e. The highest BCUT2D eigenvalue weighted by molar-refractivity contribution is 7.89. The first-order chi connectivity index (χ1) is 13.1. The number of sulfonamides is 1. The Morgan fingerprint density at radius 3 is 2.07 bits per heavy atom. The number of nitrogens with one attached hydrogen (secondary N) is 1. The number of aryl methyl sites for hydroxylation is 3. The minimum atomic E-state index is -3.80. The van der Waals surface area contributed by atoms with Gasteiger partial charge in [0.1, 0.15) is 6.10 Å². The van der Waals surface area contributed by atoms with E-state index in [9.17, 15) is 18.3 Å². The summed E-state index contributed by atoms with van der Waals surface area (Å²) in [5.74, 6) is -1.33. The molecule has 29 heavy (non-hydrogen) atoms. The molecule has 0 aromatic heterocycles. The third-order valence-corrected chi connectivity index (χ3v) is 7.16. The van der Waals surface area contributed by atoms with Gasteiger partial charge in [0.05, 0.1) is 23.0 Å². The molecule has 7 heteroatoms. The highest BCUT2D eigenvalue weighted by Crippen LogP contribution is 2.41. The molecule has 4 atom stereocenters. The molecule has 0 radical (unpaired) electrons. The number of rotatable bonds is 8. The predicted octanol–water partition coefficient (Wildman–Crippen LogP) is 3.82. The molecule has 1 unspecified atom stereocenters. The Hall–Kier alpha value is -1.44. The Kier molecular flexibility index (Phi) is 6.87. The number of benzene rings is 1. The van der Waals surface area contributed by atoms with Gasteiger partial charge in [0, 0.05) is 0 Å². The standard InChI is InChI=1S/C22H35NO5S/c1-12(2)9-16(21(24)25)17-18(28-17)20(22(6,7)8)23-29(26,27)19-14(4)10-13(3)11-15(19)5/h10-12,16-18,20,23H,9H2,1-8H3,(H,24,25)/t16-,17+,18-,20?/m1/s1. The first-order valence-electron chi connectivity index (χ1n) is 10.1. The van der Waals surface area contributed by atoms with Crippen LogP contribution in [0.15, 0.2) is 17.0 Å². The normalized spacial score (nSPS) is 21.8. The summed E-state index contributed by atoms with van der Waals surface area (Å²) in [5.41, 5.74) is 1.95. The van der Waals surface area contributed by atoms with Crippen molar-refractivity contribution in [1.82, 2.24) is 4.72 Å². The van der Waals surface area contributed by atoms with E-state index in [-0.39, 0.29) is 10.8 Å². The molecule has 1 fully saturated rings. The molecular formula is C22H35NO5S. The van der Waals surface area contributed by atoms with Gasteiger partial charge in [0.15, 0.2) is 0 Å². The fraction of sp³-hybridized carbons (Fsp3) is 0.682. The first kappa shape index (κ1) is 23.8. The SMILES string of the molecule is Cc1cc(C)c(S(=O)(=O)NC([C@@H]2O[C@H]2[C@@H](CC(C)C)C(=O)O)C(C)(C)C)c(C)c1. The number of hydrogen-bond donors (Lipinski definition) is 2. The average molecular weight is 426 g/mol. The van der Waals surface area contributed by atoms with E-state index in [1.807, 2.05) is 53.7 Å². The third kappa shape index (κ3) is 5.58. The molecule has 2 N–H and O–H groups in total. The summed E-state index contributed by atoms with van der Waals surface area (Å²) in [6.07, 6.45) is -0.450. The maximum atomic E-state index is 13.3. The Balaban J connectivity index is 2.33. The monoisotopic (exact) mass is 425 g/mol. The smallest absolute Gasteiger partial charge is 0.309 e. The fourth-order valence-corrected chi connectivity index (χ4v) is 6.07. The van der Waals surface area contributed by atoms with Crippen LogP contribution in [-0.2, 0) is 19.6 Å². The minimum Gasteiger partial charge on any atom is -0.481 e. The van der Waals surface area contributed by atoms with Crippen LogP contribution in [0.25, 0.3) is 0 Å². The molecule has 0 amide bonds. The number of ether oxygens (including phenoxy) is 1. The Bertz CT molecular complexity index is 847. The van der Waals surface area contributed by atoms with Crippen molar-refractivity contribution in [2.45, 2.75) is 85.0 Å². The van der Waals surface area contributed by atoms with Gasteiger partial charge in [-0.1, -0.05) is 52.3 Å². The lowest BCUT2D eigenvalue weighted by atomic mass is 9.82. The van der Waals surface area contributed by atoms with E-state index in [0.717, 1.165) is 5.56 Å². The average Bonchev–Trinajstić information content (AvgIpc) is 3.27. The van der Waals surface area contributed by atoms with Gasteiger partial charge in [-0.2, -0.15) is 0 Å². The van der Waals surface area contributed by atoms with Crippen molar-refractivity contribution < 1.29 is 23.1 Å². The number of epoxide rings is 1. The lowest BCUT2D eigenvalue weighted by molar-refractivity contribution is -0.143. The highest BCUT2D eigenvalue weighted by atomic mass is 32.2. The molecule has 0 bridgehead atoms. The molecule has 1 aromatic rings. The van der Waals surface area contributed by atoms with Gasteiger partial charge < -0.3 is 9.84 Å². The lowest BCUT2D eigenvalue weighted by Crippen LogP contribution is -2.48. The molecule has 0 saturated carbocycles. The molecule has 2 rings (SSSR count). The topological polar surface area (TPSA) is 96.0 Å². The second-order valence-corrected chi connectivity index (χ2v) is 11.5. The van der Waals surface area contributed by atoms with Crippen LogP contribution in [0.2, 0.25) is 0 Å². The van der Waals surface area contributed by atoms with E-state index in [1.165, 1.54) is 0 Å². The fourth-order valence-electron chi connectivity index (χ4n) is 4.16.